The summed E-state index contributed by atoms with van der Waals surface area (Å²) in [5, 5.41) is 2.15. The number of fused-ring (bicyclic) bond motifs is 4. The van der Waals surface area contributed by atoms with Crippen LogP contribution in [0.15, 0.2) is 187 Å². The van der Waals surface area contributed by atoms with Crippen LogP contribution >= 0.6 is 0 Å². The second-order valence-corrected chi connectivity index (χ2v) is 22.0. The van der Waals surface area contributed by atoms with Gasteiger partial charge in [0.2, 0.25) is 0 Å². The molecular formula is C70H67IrN3O-2. The zero-order valence-corrected chi connectivity index (χ0v) is 47.6. The first kappa shape index (κ1) is 52.7. The average molecular weight is 1160 g/mol. The number of nitrogens with zero attached hydrogens (tertiary/aromatic N) is 3. The van der Waals surface area contributed by atoms with Gasteiger partial charge in [0.15, 0.2) is 0 Å². The van der Waals surface area contributed by atoms with Gasteiger partial charge in [0.1, 0.15) is 5.58 Å². The van der Waals surface area contributed by atoms with Crippen molar-refractivity contribution in [3.05, 3.63) is 222 Å². The molecule has 0 aliphatic carbocycles. The fourth-order valence-electron chi connectivity index (χ4n) is 10.4. The van der Waals surface area contributed by atoms with E-state index in [2.05, 4.69) is 243 Å². The minimum absolute atomic E-state index is 0. The van der Waals surface area contributed by atoms with Gasteiger partial charge in [-0.15, -0.1) is 54.1 Å². The molecule has 0 saturated heterocycles. The molecule has 1 radical (unpaired) electrons. The van der Waals surface area contributed by atoms with Gasteiger partial charge in [-0.2, -0.15) is 0 Å². The van der Waals surface area contributed by atoms with Gasteiger partial charge in [0, 0.05) is 37.4 Å². The van der Waals surface area contributed by atoms with Crippen molar-refractivity contribution < 1.29 is 24.5 Å². The zero-order valence-electron chi connectivity index (χ0n) is 45.2. The Bertz CT molecular complexity index is 3690. The van der Waals surface area contributed by atoms with Crippen molar-refractivity contribution in [2.24, 2.45) is 0 Å². The smallest absolute Gasteiger partial charge is 0.121 e. The van der Waals surface area contributed by atoms with E-state index < -0.39 is 0 Å². The molecule has 3 heterocycles. The van der Waals surface area contributed by atoms with E-state index >= 15 is 0 Å². The van der Waals surface area contributed by atoms with E-state index in [0.29, 0.717) is 11.8 Å². The molecule has 0 spiro atoms. The number of hydrogen-bond acceptors (Lipinski definition) is 3. The Morgan fingerprint density at radius 2 is 1.09 bits per heavy atom. The van der Waals surface area contributed by atoms with Crippen LogP contribution in [0.1, 0.15) is 128 Å². The minimum atomic E-state index is 0. The molecule has 0 aliphatic rings. The summed E-state index contributed by atoms with van der Waals surface area (Å²) in [4.78, 5) is 9.88. The molecule has 379 valence electrons. The summed E-state index contributed by atoms with van der Waals surface area (Å²) in [6, 6.07) is 69.3. The van der Waals surface area contributed by atoms with E-state index in [1.54, 1.807) is 0 Å². The van der Waals surface area contributed by atoms with Gasteiger partial charge in [-0.3, -0.25) is 4.98 Å². The van der Waals surface area contributed by atoms with Gasteiger partial charge >= 0.3 is 0 Å². The maximum Gasteiger partial charge on any atom is 0.121 e. The Kier molecular flexibility index (Phi) is 15.4. The molecule has 4 nitrogen and oxygen atoms in total. The first-order valence-corrected chi connectivity index (χ1v) is 26.4. The van der Waals surface area contributed by atoms with E-state index in [-0.39, 0.29) is 37.4 Å². The topological polar surface area (TPSA) is 43.9 Å². The Hall–Kier alpha value is -7.17. The van der Waals surface area contributed by atoms with Crippen molar-refractivity contribution in [3.63, 3.8) is 0 Å². The summed E-state index contributed by atoms with van der Waals surface area (Å²) in [5.41, 5.74) is 22.0. The number of benzene rings is 8. The second-order valence-electron chi connectivity index (χ2n) is 22.0. The summed E-state index contributed by atoms with van der Waals surface area (Å²) in [7, 11) is 0. The number of imidazole rings is 1. The Labute approximate surface area is 458 Å². The van der Waals surface area contributed by atoms with Crippen LogP contribution < -0.4 is 0 Å². The first-order valence-electron chi connectivity index (χ1n) is 26.4. The third-order valence-corrected chi connectivity index (χ3v) is 14.4. The van der Waals surface area contributed by atoms with Crippen molar-refractivity contribution in [2.75, 3.05) is 0 Å². The SMILES string of the molecule is CC(C)(C)c1ccc(-c2[c-]cccc2)nc1.CC(C)c1cc(-c2cc(C(C)C)c(-n3c(-c4[c-]ccc5c4oc4cc(-c6ccccc6)ccc45)nc4ccccc43)c(C(C)C)c2)cc(C(C)C)c1-c1ccccc1.[Ir]. The molecule has 75 heavy (non-hydrogen) atoms. The fraction of sp³-hybridized carbons (Fsp3) is 0.229. The van der Waals surface area contributed by atoms with Gasteiger partial charge in [-0.25, -0.2) is 0 Å². The summed E-state index contributed by atoms with van der Waals surface area (Å²) < 4.78 is 9.24. The molecule has 0 amide bonds. The van der Waals surface area contributed by atoms with Crippen LogP contribution in [-0.2, 0) is 25.5 Å². The molecule has 0 aliphatic heterocycles. The third kappa shape index (κ3) is 10.6. The number of aromatic nitrogens is 3. The largest absolute Gasteiger partial charge is 0.501 e. The summed E-state index contributed by atoms with van der Waals surface area (Å²) in [5.74, 6) is 2.04. The van der Waals surface area contributed by atoms with E-state index in [0.717, 1.165) is 66.7 Å². The minimum Gasteiger partial charge on any atom is -0.501 e. The predicted octanol–water partition coefficient (Wildman–Crippen LogP) is 19.7. The van der Waals surface area contributed by atoms with Crippen LogP contribution in [0.25, 0.3) is 94.7 Å². The molecule has 0 fully saturated rings. The number of rotatable bonds is 10. The quantitative estimate of drug-likeness (QED) is 0.128. The summed E-state index contributed by atoms with van der Waals surface area (Å²) >= 11 is 0. The zero-order chi connectivity index (χ0) is 51.8. The monoisotopic (exact) mass is 1160 g/mol. The van der Waals surface area contributed by atoms with E-state index in [1.807, 2.05) is 36.5 Å². The fourth-order valence-corrected chi connectivity index (χ4v) is 10.4. The first-order chi connectivity index (χ1) is 35.7. The van der Waals surface area contributed by atoms with Crippen LogP contribution in [0.3, 0.4) is 0 Å². The molecule has 0 bridgehead atoms. The standard InChI is InChI=1S/C55H51N2O.C15H16N.Ir/c1-33(2)45-28-40(29-46(34(3)4)52(45)38-20-13-10-14-21-38)41-30-47(35(5)6)53(48(31-41)36(7)8)57-50-25-16-15-24-49(50)56-55(57)44-23-17-22-43-42-27-26-39(32-51(42)58-54(43)44)37-18-11-9-12-19-37;1-15(2,3)13-9-10-14(16-11-13)12-7-5-4-6-8-12;/h9-22,24-36H,1-8H3;4-7,9-11H,1-3H3;/q2*-1;. The van der Waals surface area contributed by atoms with Crippen molar-refractivity contribution in [1.29, 1.82) is 0 Å². The van der Waals surface area contributed by atoms with Crippen LogP contribution in [0.2, 0.25) is 0 Å². The molecule has 11 aromatic rings. The molecular weight excluding hydrogens is 1090 g/mol. The van der Waals surface area contributed by atoms with Crippen LogP contribution in [0, 0.1) is 12.1 Å². The molecule has 5 heteroatoms. The van der Waals surface area contributed by atoms with E-state index in [9.17, 15) is 0 Å². The second kappa shape index (κ2) is 22.0. The van der Waals surface area contributed by atoms with Crippen molar-refractivity contribution in [2.45, 2.75) is 105 Å². The normalized spacial score (nSPS) is 11.8. The molecule has 8 aromatic carbocycles. The Morgan fingerprint density at radius 1 is 0.507 bits per heavy atom. The Balaban J connectivity index is 0.000000346. The number of pyridine rings is 1. The summed E-state index contributed by atoms with van der Waals surface area (Å²) in [6.07, 6.45) is 1.95. The molecule has 0 unspecified atom stereocenters. The van der Waals surface area contributed by atoms with Gasteiger partial charge in [0.05, 0.1) is 22.4 Å². The Morgan fingerprint density at radius 3 is 1.67 bits per heavy atom. The van der Waals surface area contributed by atoms with Crippen molar-refractivity contribution in [1.82, 2.24) is 14.5 Å². The molecule has 0 saturated carbocycles. The molecule has 0 atom stereocenters. The van der Waals surface area contributed by atoms with Crippen molar-refractivity contribution in [3.8, 4) is 61.7 Å². The van der Waals surface area contributed by atoms with E-state index in [1.165, 1.54) is 55.8 Å². The van der Waals surface area contributed by atoms with Crippen LogP contribution in [0.4, 0.5) is 0 Å². The third-order valence-electron chi connectivity index (χ3n) is 14.4. The maximum absolute atomic E-state index is 6.84. The van der Waals surface area contributed by atoms with Gasteiger partial charge < -0.3 is 14.0 Å². The molecule has 3 aromatic heterocycles. The average Bonchev–Trinajstić information content (AvgIpc) is 3.99. The van der Waals surface area contributed by atoms with Gasteiger partial charge in [-0.05, 0) is 126 Å². The number of para-hydroxylation sites is 2. The number of hydrogen-bond donors (Lipinski definition) is 0. The predicted molar refractivity (Wildman–Crippen MR) is 312 cm³/mol. The molecule has 11 rings (SSSR count). The number of furan rings is 1. The van der Waals surface area contributed by atoms with Gasteiger partial charge in [0.25, 0.3) is 0 Å². The summed E-state index contributed by atoms with van der Waals surface area (Å²) in [6.45, 7) is 25.2. The maximum atomic E-state index is 6.84. The van der Waals surface area contributed by atoms with Crippen LogP contribution in [0.5, 0.6) is 0 Å². The van der Waals surface area contributed by atoms with Gasteiger partial charge in [-0.1, -0.05) is 196 Å². The molecule has 0 N–H and O–H groups in total. The van der Waals surface area contributed by atoms with Crippen LogP contribution in [-0.4, -0.2) is 14.5 Å². The van der Waals surface area contributed by atoms with E-state index in [4.69, 9.17) is 9.40 Å². The van der Waals surface area contributed by atoms with Crippen molar-refractivity contribution >= 4 is 33.0 Å².